The minimum atomic E-state index is 0.0502. The van der Waals surface area contributed by atoms with Gasteiger partial charge < -0.3 is 10.2 Å². The van der Waals surface area contributed by atoms with E-state index in [-0.39, 0.29) is 29.4 Å². The first kappa shape index (κ1) is 17.8. The molecule has 2 aromatic rings. The summed E-state index contributed by atoms with van der Waals surface area (Å²) in [5, 5.41) is 12.1. The number of hydrogen-bond donors (Lipinski definition) is 1. The highest BCUT2D eigenvalue weighted by Crippen LogP contribution is 2.52. The van der Waals surface area contributed by atoms with E-state index >= 15 is 0 Å². The number of benzene rings is 1. The Morgan fingerprint density at radius 3 is 2.79 bits per heavy atom. The van der Waals surface area contributed by atoms with E-state index in [9.17, 15) is 4.79 Å². The first-order valence-corrected chi connectivity index (χ1v) is 10.6. The SMILES string of the molecule is C[C@@]12C[C@H]3[C@@H](Cc4ccccc4)N[C@@H]1CCCC[C@@H]2N3C(=O)c1cccnn1. The number of piperidine rings is 1. The fourth-order valence-corrected chi connectivity index (χ4v) is 5.98. The number of likely N-dealkylation sites (tertiary alicyclic amines) is 1. The van der Waals surface area contributed by atoms with E-state index in [1.54, 1.807) is 18.3 Å². The second-order valence-corrected chi connectivity index (χ2v) is 8.91. The van der Waals surface area contributed by atoms with Gasteiger partial charge >= 0.3 is 0 Å². The maximum Gasteiger partial charge on any atom is 0.274 e. The highest BCUT2D eigenvalue weighted by atomic mass is 16.2. The zero-order chi connectivity index (χ0) is 19.1. The van der Waals surface area contributed by atoms with Gasteiger partial charge in [0.25, 0.3) is 5.91 Å². The first-order valence-electron chi connectivity index (χ1n) is 10.6. The number of amides is 1. The molecule has 5 heteroatoms. The van der Waals surface area contributed by atoms with Crippen LogP contribution in [0.1, 0.15) is 55.1 Å². The van der Waals surface area contributed by atoms with Crippen LogP contribution in [0, 0.1) is 5.41 Å². The lowest BCUT2D eigenvalue weighted by atomic mass is 9.70. The molecule has 3 fully saturated rings. The van der Waals surface area contributed by atoms with Gasteiger partial charge in [-0.15, -0.1) is 5.10 Å². The van der Waals surface area contributed by atoms with E-state index in [1.165, 1.54) is 24.8 Å². The summed E-state index contributed by atoms with van der Waals surface area (Å²) >= 11 is 0. The maximum atomic E-state index is 13.5. The van der Waals surface area contributed by atoms with Crippen LogP contribution in [-0.2, 0) is 6.42 Å². The molecule has 2 aliphatic heterocycles. The van der Waals surface area contributed by atoms with Gasteiger partial charge in [0.1, 0.15) is 0 Å². The monoisotopic (exact) mass is 376 g/mol. The second-order valence-electron chi connectivity index (χ2n) is 8.91. The zero-order valence-corrected chi connectivity index (χ0v) is 16.4. The highest BCUT2D eigenvalue weighted by molar-refractivity contribution is 5.93. The smallest absolute Gasteiger partial charge is 0.274 e. The van der Waals surface area contributed by atoms with Gasteiger partial charge in [-0.05, 0) is 43.4 Å². The molecular formula is C23H28N4O. The molecule has 2 saturated heterocycles. The predicted molar refractivity (Wildman–Crippen MR) is 108 cm³/mol. The summed E-state index contributed by atoms with van der Waals surface area (Å²) in [5.41, 5.74) is 1.94. The Bertz CT molecular complexity index is 842. The van der Waals surface area contributed by atoms with Crippen LogP contribution in [0.2, 0.25) is 0 Å². The van der Waals surface area contributed by atoms with Crippen molar-refractivity contribution in [2.45, 2.75) is 69.6 Å². The number of nitrogens with one attached hydrogen (secondary N) is 1. The Morgan fingerprint density at radius 1 is 1.18 bits per heavy atom. The summed E-state index contributed by atoms with van der Waals surface area (Å²) in [4.78, 5) is 15.7. The average Bonchev–Trinajstić information content (AvgIpc) is 2.88. The van der Waals surface area contributed by atoms with Crippen molar-refractivity contribution in [3.8, 4) is 0 Å². The topological polar surface area (TPSA) is 58.1 Å². The predicted octanol–water partition coefficient (Wildman–Crippen LogP) is 3.22. The van der Waals surface area contributed by atoms with Crippen LogP contribution < -0.4 is 5.32 Å². The first-order chi connectivity index (χ1) is 13.7. The van der Waals surface area contributed by atoms with Gasteiger partial charge in [0.05, 0.1) is 0 Å². The summed E-state index contributed by atoms with van der Waals surface area (Å²) < 4.78 is 0. The minimum absolute atomic E-state index is 0.0502. The molecule has 28 heavy (non-hydrogen) atoms. The van der Waals surface area contributed by atoms with Gasteiger partial charge in [-0.25, -0.2) is 0 Å². The van der Waals surface area contributed by atoms with E-state index < -0.39 is 0 Å². The summed E-state index contributed by atoms with van der Waals surface area (Å²) in [5.74, 6) is 0.0502. The van der Waals surface area contributed by atoms with Crippen molar-refractivity contribution < 1.29 is 4.79 Å². The van der Waals surface area contributed by atoms with E-state index in [4.69, 9.17) is 0 Å². The molecular weight excluding hydrogens is 348 g/mol. The van der Waals surface area contributed by atoms with Crippen molar-refractivity contribution in [1.29, 1.82) is 0 Å². The molecule has 3 aliphatic rings. The van der Waals surface area contributed by atoms with Gasteiger partial charge in [-0.2, -0.15) is 5.10 Å². The largest absolute Gasteiger partial charge is 0.329 e. The van der Waals surface area contributed by atoms with Crippen LogP contribution in [0.3, 0.4) is 0 Å². The molecule has 0 radical (unpaired) electrons. The average molecular weight is 377 g/mol. The van der Waals surface area contributed by atoms with E-state index in [1.807, 2.05) is 0 Å². The quantitative estimate of drug-likeness (QED) is 0.894. The van der Waals surface area contributed by atoms with E-state index in [0.29, 0.717) is 11.7 Å². The number of nitrogens with zero attached hydrogens (tertiary/aromatic N) is 3. The van der Waals surface area contributed by atoms with Crippen molar-refractivity contribution in [1.82, 2.24) is 20.4 Å². The highest BCUT2D eigenvalue weighted by Gasteiger charge is 2.60. The summed E-state index contributed by atoms with van der Waals surface area (Å²) in [6, 6.07) is 15.5. The van der Waals surface area contributed by atoms with E-state index in [0.717, 1.165) is 19.3 Å². The fraction of sp³-hybridized carbons (Fsp3) is 0.522. The summed E-state index contributed by atoms with van der Waals surface area (Å²) in [7, 11) is 0. The van der Waals surface area contributed by atoms with E-state index in [2.05, 4.69) is 57.7 Å². The lowest BCUT2D eigenvalue weighted by molar-refractivity contribution is 0.0604. The van der Waals surface area contributed by atoms with Crippen LogP contribution >= 0.6 is 0 Å². The maximum absolute atomic E-state index is 13.5. The lowest BCUT2D eigenvalue weighted by Crippen LogP contribution is -2.57. The van der Waals surface area contributed by atoms with Crippen molar-refractivity contribution in [2.24, 2.45) is 5.41 Å². The molecule has 1 aromatic heterocycles. The van der Waals surface area contributed by atoms with Crippen LogP contribution in [0.25, 0.3) is 0 Å². The zero-order valence-electron chi connectivity index (χ0n) is 16.4. The molecule has 1 amide bonds. The van der Waals surface area contributed by atoms with Gasteiger partial charge in [0, 0.05) is 35.8 Å². The minimum Gasteiger partial charge on any atom is -0.329 e. The van der Waals surface area contributed by atoms with Crippen LogP contribution in [-0.4, -0.2) is 45.2 Å². The molecule has 3 heterocycles. The molecule has 5 rings (SSSR count). The molecule has 0 spiro atoms. The third-order valence-corrected chi connectivity index (χ3v) is 7.32. The Hall–Kier alpha value is -2.27. The molecule has 1 aromatic carbocycles. The number of aromatic nitrogens is 2. The molecule has 1 N–H and O–H groups in total. The Morgan fingerprint density at radius 2 is 2.00 bits per heavy atom. The third-order valence-electron chi connectivity index (χ3n) is 7.32. The number of carbonyl (C=O) groups excluding carboxylic acids is 1. The standard InChI is InChI=1S/C23H28N4O/c1-23-15-19-18(14-16-8-3-2-4-9-16)25-20(23)11-5-6-12-21(23)27(19)22(28)17-10-7-13-24-26-17/h2-4,7-10,13,18-21,25H,5-6,11-12,14-15H2,1H3/t18-,19+,20-,21+,23-/m1/s1. The Balaban J connectivity index is 1.52. The Kier molecular flexibility index (Phi) is 4.43. The number of hydrogen-bond acceptors (Lipinski definition) is 4. The van der Waals surface area contributed by atoms with Gasteiger partial charge in [-0.1, -0.05) is 50.1 Å². The van der Waals surface area contributed by atoms with Gasteiger partial charge in [0.2, 0.25) is 0 Å². The molecule has 2 bridgehead atoms. The number of carbonyl (C=O) groups is 1. The molecule has 5 atom stereocenters. The lowest BCUT2D eigenvalue weighted by Gasteiger charge is -2.43. The second kappa shape index (κ2) is 6.96. The molecule has 5 nitrogen and oxygen atoms in total. The molecule has 1 aliphatic carbocycles. The van der Waals surface area contributed by atoms with Crippen molar-refractivity contribution in [3.05, 3.63) is 59.9 Å². The summed E-state index contributed by atoms with van der Waals surface area (Å²) in [6.45, 7) is 2.40. The van der Waals surface area contributed by atoms with Crippen LogP contribution in [0.4, 0.5) is 0 Å². The molecule has 146 valence electrons. The normalized spacial score (nSPS) is 34.1. The summed E-state index contributed by atoms with van der Waals surface area (Å²) in [6.07, 6.45) is 8.39. The molecule has 0 unspecified atom stereocenters. The number of rotatable bonds is 3. The van der Waals surface area contributed by atoms with Gasteiger partial charge in [-0.3, -0.25) is 4.79 Å². The van der Waals surface area contributed by atoms with Gasteiger partial charge in [0.15, 0.2) is 5.69 Å². The number of fused-ring (bicyclic) bond motifs is 1. The van der Waals surface area contributed by atoms with Crippen LogP contribution in [0.5, 0.6) is 0 Å². The fourth-order valence-electron chi connectivity index (χ4n) is 5.98. The van der Waals surface area contributed by atoms with Crippen molar-refractivity contribution in [2.75, 3.05) is 0 Å². The van der Waals surface area contributed by atoms with Crippen molar-refractivity contribution in [3.63, 3.8) is 0 Å². The Labute approximate surface area is 166 Å². The third kappa shape index (κ3) is 2.84. The molecule has 1 saturated carbocycles. The van der Waals surface area contributed by atoms with Crippen LogP contribution in [0.15, 0.2) is 48.7 Å². The van der Waals surface area contributed by atoms with Crippen molar-refractivity contribution >= 4 is 5.91 Å².